The first kappa shape index (κ1) is 24.3. The van der Waals surface area contributed by atoms with Gasteiger partial charge in [0.2, 0.25) is 0 Å². The number of esters is 3. The van der Waals surface area contributed by atoms with Crippen LogP contribution in [0.1, 0.15) is 13.3 Å². The van der Waals surface area contributed by atoms with E-state index in [9.17, 15) is 28.8 Å². The van der Waals surface area contributed by atoms with E-state index in [2.05, 4.69) is 13.2 Å². The van der Waals surface area contributed by atoms with Gasteiger partial charge in [-0.2, -0.15) is 0 Å². The minimum Gasteiger partial charge on any atom is -0.464 e. The van der Waals surface area contributed by atoms with Crippen LogP contribution in [0.4, 0.5) is 0 Å². The maximum absolute atomic E-state index is 12.6. The van der Waals surface area contributed by atoms with E-state index in [-0.39, 0.29) is 45.9 Å². The molecule has 0 spiro atoms. The van der Waals surface area contributed by atoms with Gasteiger partial charge in [-0.25, -0.2) is 37.7 Å². The standard InChI is InChI=1S/C18H23N3O9/c1-4-13(22)28-10-7-19-16(25)20(8-11-29-14(23)5-2)18(27)21(17(19)26)9-12-30-15(24)6-3/h4-5H,1-2,6-12H2,3H3. The molecular formula is C18H23N3O9. The second kappa shape index (κ2) is 12.0. The predicted octanol–water partition coefficient (Wildman–Crippen LogP) is -1.42. The molecule has 0 unspecified atom stereocenters. The molecule has 1 aromatic rings. The average molecular weight is 425 g/mol. The highest BCUT2D eigenvalue weighted by Crippen LogP contribution is 1.87. The Labute approximate surface area is 170 Å². The maximum atomic E-state index is 12.6. The molecule has 30 heavy (non-hydrogen) atoms. The minimum absolute atomic E-state index is 0.113. The van der Waals surface area contributed by atoms with E-state index in [4.69, 9.17) is 14.2 Å². The summed E-state index contributed by atoms with van der Waals surface area (Å²) in [6, 6.07) is 0. The largest absolute Gasteiger partial charge is 0.464 e. The predicted molar refractivity (Wildman–Crippen MR) is 103 cm³/mol. The van der Waals surface area contributed by atoms with Crippen LogP contribution in [0.2, 0.25) is 0 Å². The summed E-state index contributed by atoms with van der Waals surface area (Å²) in [7, 11) is 0. The van der Waals surface area contributed by atoms with Gasteiger partial charge in [0.05, 0.1) is 19.6 Å². The summed E-state index contributed by atoms with van der Waals surface area (Å²) in [4.78, 5) is 71.4. The third kappa shape index (κ3) is 6.72. The summed E-state index contributed by atoms with van der Waals surface area (Å²) in [5.74, 6) is -2.02. The van der Waals surface area contributed by atoms with Crippen LogP contribution in [0.3, 0.4) is 0 Å². The Bertz CT molecular complexity index is 920. The van der Waals surface area contributed by atoms with Crippen LogP contribution in [0.15, 0.2) is 39.7 Å². The normalized spacial score (nSPS) is 10.2. The van der Waals surface area contributed by atoms with Gasteiger partial charge >= 0.3 is 35.0 Å². The molecule has 0 bridgehead atoms. The lowest BCUT2D eigenvalue weighted by atomic mass is 10.5. The topological polar surface area (TPSA) is 145 Å². The molecule has 0 saturated heterocycles. The molecule has 1 heterocycles. The lowest BCUT2D eigenvalue weighted by molar-refractivity contribution is -0.143. The van der Waals surface area contributed by atoms with Crippen molar-refractivity contribution < 1.29 is 28.6 Å². The van der Waals surface area contributed by atoms with Gasteiger partial charge in [-0.05, 0) is 0 Å². The average Bonchev–Trinajstić information content (AvgIpc) is 2.74. The van der Waals surface area contributed by atoms with Gasteiger partial charge in [0.25, 0.3) is 0 Å². The SMILES string of the molecule is C=CC(=O)OCCn1c(=O)n(CCOC(=O)C=C)c(=O)n(CCOC(=O)CC)c1=O. The van der Waals surface area contributed by atoms with Gasteiger partial charge in [0, 0.05) is 18.6 Å². The van der Waals surface area contributed by atoms with E-state index in [1.807, 2.05) is 0 Å². The molecule has 12 heteroatoms. The molecule has 0 radical (unpaired) electrons. The monoisotopic (exact) mass is 425 g/mol. The quantitative estimate of drug-likeness (QED) is 0.224. The summed E-state index contributed by atoms with van der Waals surface area (Å²) < 4.78 is 16.5. The van der Waals surface area contributed by atoms with Crippen molar-refractivity contribution in [2.75, 3.05) is 19.8 Å². The van der Waals surface area contributed by atoms with Crippen LogP contribution >= 0.6 is 0 Å². The van der Waals surface area contributed by atoms with Gasteiger partial charge in [-0.15, -0.1) is 0 Å². The second-order valence-electron chi connectivity index (χ2n) is 5.62. The highest BCUT2D eigenvalue weighted by molar-refractivity contribution is 5.81. The Balaban J connectivity index is 3.22. The van der Waals surface area contributed by atoms with E-state index in [0.29, 0.717) is 13.7 Å². The van der Waals surface area contributed by atoms with Crippen molar-refractivity contribution in [2.24, 2.45) is 0 Å². The van der Waals surface area contributed by atoms with Gasteiger partial charge < -0.3 is 14.2 Å². The zero-order valence-corrected chi connectivity index (χ0v) is 16.5. The van der Waals surface area contributed by atoms with Gasteiger partial charge in [-0.1, -0.05) is 20.1 Å². The van der Waals surface area contributed by atoms with Crippen LogP contribution in [0.5, 0.6) is 0 Å². The van der Waals surface area contributed by atoms with Gasteiger partial charge in [0.1, 0.15) is 19.8 Å². The smallest absolute Gasteiger partial charge is 0.336 e. The highest BCUT2D eigenvalue weighted by Gasteiger charge is 2.16. The second-order valence-corrected chi connectivity index (χ2v) is 5.62. The number of hydrogen-bond donors (Lipinski definition) is 0. The fourth-order valence-electron chi connectivity index (χ4n) is 2.20. The van der Waals surface area contributed by atoms with Crippen molar-refractivity contribution in [3.63, 3.8) is 0 Å². The summed E-state index contributed by atoms with van der Waals surface area (Å²) in [6.45, 7) is 6.14. The Morgan fingerprint density at radius 3 is 1.37 bits per heavy atom. The summed E-state index contributed by atoms with van der Waals surface area (Å²) in [6.07, 6.45) is 1.94. The fraction of sp³-hybridized carbons (Fsp3) is 0.444. The first-order valence-corrected chi connectivity index (χ1v) is 8.95. The van der Waals surface area contributed by atoms with Gasteiger partial charge in [-0.3, -0.25) is 4.79 Å². The highest BCUT2D eigenvalue weighted by atomic mass is 16.5. The van der Waals surface area contributed by atoms with Crippen LogP contribution in [-0.4, -0.2) is 51.4 Å². The first-order valence-electron chi connectivity index (χ1n) is 8.95. The molecule has 0 saturated carbocycles. The lowest BCUT2D eigenvalue weighted by Crippen LogP contribution is -2.55. The zero-order valence-electron chi connectivity index (χ0n) is 16.5. The van der Waals surface area contributed by atoms with Crippen molar-refractivity contribution >= 4 is 17.9 Å². The Hall–Kier alpha value is -3.70. The summed E-state index contributed by atoms with van der Waals surface area (Å²) in [5.41, 5.74) is -2.91. The molecule has 0 atom stereocenters. The lowest BCUT2D eigenvalue weighted by Gasteiger charge is -2.14. The third-order valence-corrected chi connectivity index (χ3v) is 3.70. The fourth-order valence-corrected chi connectivity index (χ4v) is 2.20. The van der Waals surface area contributed by atoms with Crippen molar-refractivity contribution in [2.45, 2.75) is 33.0 Å². The molecule has 1 aromatic heterocycles. The molecule has 0 aliphatic rings. The number of nitrogens with zero attached hydrogens (tertiary/aromatic N) is 3. The van der Waals surface area contributed by atoms with E-state index in [1.165, 1.54) is 0 Å². The zero-order chi connectivity index (χ0) is 22.7. The molecule has 0 N–H and O–H groups in total. The summed E-state index contributed by atoms with van der Waals surface area (Å²) in [5, 5.41) is 0. The molecule has 164 valence electrons. The third-order valence-electron chi connectivity index (χ3n) is 3.70. The number of ether oxygens (including phenoxy) is 3. The molecule has 0 aliphatic carbocycles. The first-order chi connectivity index (χ1) is 14.3. The number of carbonyl (C=O) groups excluding carboxylic acids is 3. The van der Waals surface area contributed by atoms with Crippen molar-refractivity contribution in [3.8, 4) is 0 Å². The molecule has 0 aliphatic heterocycles. The number of hydrogen-bond acceptors (Lipinski definition) is 9. The minimum atomic E-state index is -0.976. The molecule has 0 amide bonds. The van der Waals surface area contributed by atoms with Crippen LogP contribution in [-0.2, 0) is 48.2 Å². The van der Waals surface area contributed by atoms with Crippen LogP contribution in [0, 0.1) is 0 Å². The molecule has 12 nitrogen and oxygen atoms in total. The van der Waals surface area contributed by atoms with Crippen molar-refractivity contribution in [1.29, 1.82) is 0 Å². The number of rotatable bonds is 12. The Kier molecular flexibility index (Phi) is 9.73. The van der Waals surface area contributed by atoms with Gasteiger partial charge in [0.15, 0.2) is 0 Å². The maximum Gasteiger partial charge on any atom is 0.336 e. The Morgan fingerprint density at radius 2 is 1.07 bits per heavy atom. The van der Waals surface area contributed by atoms with Crippen molar-refractivity contribution in [3.05, 3.63) is 56.8 Å². The van der Waals surface area contributed by atoms with Crippen LogP contribution in [0.25, 0.3) is 0 Å². The van der Waals surface area contributed by atoms with Crippen molar-refractivity contribution in [1.82, 2.24) is 13.7 Å². The van der Waals surface area contributed by atoms with E-state index >= 15 is 0 Å². The van der Waals surface area contributed by atoms with E-state index in [0.717, 1.165) is 12.2 Å². The van der Waals surface area contributed by atoms with E-state index in [1.54, 1.807) is 6.92 Å². The number of aromatic nitrogens is 3. The molecule has 0 aromatic carbocycles. The number of carbonyl (C=O) groups is 3. The summed E-state index contributed by atoms with van der Waals surface area (Å²) >= 11 is 0. The van der Waals surface area contributed by atoms with Crippen LogP contribution < -0.4 is 17.1 Å². The Morgan fingerprint density at radius 1 is 0.733 bits per heavy atom. The molecular weight excluding hydrogens is 402 g/mol. The molecule has 0 fully saturated rings. The van der Waals surface area contributed by atoms with E-state index < -0.39 is 35.0 Å². The molecule has 1 rings (SSSR count).